The Bertz CT molecular complexity index is 486. The van der Waals surface area contributed by atoms with Crippen LogP contribution in [-0.4, -0.2) is 55.1 Å². The fourth-order valence-electron chi connectivity index (χ4n) is 3.07. The maximum Gasteiger partial charge on any atom is 0.227 e. The van der Waals surface area contributed by atoms with E-state index in [1.165, 1.54) is 5.56 Å². The van der Waals surface area contributed by atoms with Crippen LogP contribution in [0.25, 0.3) is 0 Å². The van der Waals surface area contributed by atoms with E-state index < -0.39 is 0 Å². The van der Waals surface area contributed by atoms with Crippen LogP contribution >= 0.6 is 11.6 Å². The zero-order chi connectivity index (χ0) is 14.7. The highest BCUT2D eigenvalue weighted by Crippen LogP contribution is 2.22. The monoisotopic (exact) mass is 308 g/mol. The van der Waals surface area contributed by atoms with E-state index in [0.29, 0.717) is 19.1 Å². The standard InChI is InChI=1S/C16H21ClN2O2/c17-15-3-1-13(2-4-15)11-18-6-5-14(12-18)16(20)19-7-9-21-10-8-19/h1-4,14H,5-12H2. The van der Waals surface area contributed by atoms with E-state index in [2.05, 4.69) is 17.0 Å². The average molecular weight is 309 g/mol. The number of hydrogen-bond donors (Lipinski definition) is 0. The lowest BCUT2D eigenvalue weighted by atomic mass is 10.1. The summed E-state index contributed by atoms with van der Waals surface area (Å²) < 4.78 is 5.31. The molecule has 0 saturated carbocycles. The highest BCUT2D eigenvalue weighted by atomic mass is 35.5. The molecule has 2 aliphatic rings. The van der Waals surface area contributed by atoms with Crippen LogP contribution in [-0.2, 0) is 16.1 Å². The smallest absolute Gasteiger partial charge is 0.227 e. The SMILES string of the molecule is O=C(C1CCN(Cc2ccc(Cl)cc2)C1)N1CCOCC1. The van der Waals surface area contributed by atoms with Crippen LogP contribution in [0, 0.1) is 5.92 Å². The normalized spacial score (nSPS) is 23.5. The molecular weight excluding hydrogens is 288 g/mol. The molecule has 3 rings (SSSR count). The summed E-state index contributed by atoms with van der Waals surface area (Å²) in [5.41, 5.74) is 1.25. The number of likely N-dealkylation sites (tertiary alicyclic amines) is 1. The van der Waals surface area contributed by atoms with Crippen molar-refractivity contribution in [1.29, 1.82) is 0 Å². The second-order valence-electron chi connectivity index (χ2n) is 5.78. The van der Waals surface area contributed by atoms with E-state index in [9.17, 15) is 4.79 Å². The topological polar surface area (TPSA) is 32.8 Å². The summed E-state index contributed by atoms with van der Waals surface area (Å²) >= 11 is 5.91. The van der Waals surface area contributed by atoms with Crippen LogP contribution in [0.5, 0.6) is 0 Å². The van der Waals surface area contributed by atoms with Gasteiger partial charge in [0, 0.05) is 31.2 Å². The molecule has 21 heavy (non-hydrogen) atoms. The van der Waals surface area contributed by atoms with Crippen molar-refractivity contribution in [2.75, 3.05) is 39.4 Å². The molecule has 2 saturated heterocycles. The fraction of sp³-hybridized carbons (Fsp3) is 0.562. The second kappa shape index (κ2) is 6.77. The molecular formula is C16H21ClN2O2. The van der Waals surface area contributed by atoms with E-state index in [1.54, 1.807) is 0 Å². The Kier molecular flexibility index (Phi) is 4.78. The van der Waals surface area contributed by atoms with Gasteiger partial charge in [0.1, 0.15) is 0 Å². The van der Waals surface area contributed by atoms with Crippen LogP contribution in [0.3, 0.4) is 0 Å². The number of halogens is 1. The van der Waals surface area contributed by atoms with Gasteiger partial charge in [-0.3, -0.25) is 9.69 Å². The molecule has 1 unspecified atom stereocenters. The fourth-order valence-corrected chi connectivity index (χ4v) is 3.19. The number of amides is 1. The van der Waals surface area contributed by atoms with Crippen LogP contribution < -0.4 is 0 Å². The molecule has 1 aromatic carbocycles. The molecule has 0 aromatic heterocycles. The summed E-state index contributed by atoms with van der Waals surface area (Å²) in [5.74, 6) is 0.451. The highest BCUT2D eigenvalue weighted by Gasteiger charge is 2.31. The lowest BCUT2D eigenvalue weighted by molar-refractivity contribution is -0.139. The first-order valence-corrected chi connectivity index (χ1v) is 7.93. The molecule has 1 aromatic rings. The van der Waals surface area contributed by atoms with E-state index in [-0.39, 0.29) is 5.92 Å². The molecule has 114 valence electrons. The van der Waals surface area contributed by atoms with Crippen molar-refractivity contribution in [2.24, 2.45) is 5.92 Å². The Morgan fingerprint density at radius 1 is 1.19 bits per heavy atom. The zero-order valence-electron chi connectivity index (χ0n) is 12.1. The Balaban J connectivity index is 1.52. The number of carbonyl (C=O) groups is 1. The Morgan fingerprint density at radius 2 is 1.90 bits per heavy atom. The number of carbonyl (C=O) groups excluding carboxylic acids is 1. The predicted molar refractivity (Wildman–Crippen MR) is 82.2 cm³/mol. The predicted octanol–water partition coefficient (Wildman–Crippen LogP) is 2.02. The molecule has 4 nitrogen and oxygen atoms in total. The number of hydrogen-bond acceptors (Lipinski definition) is 3. The third-order valence-corrected chi connectivity index (χ3v) is 4.52. The van der Waals surface area contributed by atoms with Crippen molar-refractivity contribution in [3.8, 4) is 0 Å². The zero-order valence-corrected chi connectivity index (χ0v) is 12.9. The first kappa shape index (κ1) is 14.8. The molecule has 0 N–H and O–H groups in total. The first-order valence-electron chi connectivity index (χ1n) is 7.56. The molecule has 0 spiro atoms. The number of benzene rings is 1. The molecule has 2 heterocycles. The van der Waals surface area contributed by atoms with Gasteiger partial charge in [-0.2, -0.15) is 0 Å². The minimum absolute atomic E-state index is 0.149. The molecule has 2 fully saturated rings. The first-order chi connectivity index (χ1) is 10.2. The van der Waals surface area contributed by atoms with E-state index >= 15 is 0 Å². The van der Waals surface area contributed by atoms with Gasteiger partial charge >= 0.3 is 0 Å². The van der Waals surface area contributed by atoms with Gasteiger partial charge in [-0.25, -0.2) is 0 Å². The van der Waals surface area contributed by atoms with Crippen LogP contribution in [0.15, 0.2) is 24.3 Å². The maximum absolute atomic E-state index is 12.5. The van der Waals surface area contributed by atoms with Gasteiger partial charge in [-0.05, 0) is 30.7 Å². The largest absolute Gasteiger partial charge is 0.378 e. The Hall–Kier alpha value is -1.10. The Labute approximate surface area is 130 Å². The van der Waals surface area contributed by atoms with Gasteiger partial charge in [0.2, 0.25) is 5.91 Å². The van der Waals surface area contributed by atoms with E-state index in [1.807, 2.05) is 17.0 Å². The molecule has 1 amide bonds. The highest BCUT2D eigenvalue weighted by molar-refractivity contribution is 6.30. The van der Waals surface area contributed by atoms with Crippen molar-refractivity contribution in [2.45, 2.75) is 13.0 Å². The van der Waals surface area contributed by atoms with Gasteiger partial charge in [0.25, 0.3) is 0 Å². The summed E-state index contributed by atoms with van der Waals surface area (Å²) in [6.45, 7) is 5.57. The molecule has 0 bridgehead atoms. The van der Waals surface area contributed by atoms with E-state index in [4.69, 9.17) is 16.3 Å². The van der Waals surface area contributed by atoms with Gasteiger partial charge in [-0.15, -0.1) is 0 Å². The molecule has 2 aliphatic heterocycles. The number of ether oxygens (including phenoxy) is 1. The lowest BCUT2D eigenvalue weighted by Gasteiger charge is -2.29. The summed E-state index contributed by atoms with van der Waals surface area (Å²) in [7, 11) is 0. The van der Waals surface area contributed by atoms with Crippen molar-refractivity contribution >= 4 is 17.5 Å². The second-order valence-corrected chi connectivity index (χ2v) is 6.22. The number of nitrogens with zero attached hydrogens (tertiary/aromatic N) is 2. The van der Waals surface area contributed by atoms with Gasteiger partial charge in [0.15, 0.2) is 0 Å². The lowest BCUT2D eigenvalue weighted by Crippen LogP contribution is -2.44. The number of morpholine rings is 1. The summed E-state index contributed by atoms with van der Waals surface area (Å²) in [4.78, 5) is 16.8. The molecule has 0 aliphatic carbocycles. The minimum atomic E-state index is 0.149. The molecule has 0 radical (unpaired) electrons. The average Bonchev–Trinajstić information content (AvgIpc) is 2.98. The minimum Gasteiger partial charge on any atom is -0.378 e. The summed E-state index contributed by atoms with van der Waals surface area (Å²) in [5, 5.41) is 0.764. The summed E-state index contributed by atoms with van der Waals surface area (Å²) in [6.07, 6.45) is 0.962. The van der Waals surface area contributed by atoms with Crippen molar-refractivity contribution in [1.82, 2.24) is 9.80 Å². The van der Waals surface area contributed by atoms with E-state index in [0.717, 1.165) is 44.2 Å². The third kappa shape index (κ3) is 3.76. The quantitative estimate of drug-likeness (QED) is 0.856. The van der Waals surface area contributed by atoms with Gasteiger partial charge < -0.3 is 9.64 Å². The summed E-state index contributed by atoms with van der Waals surface area (Å²) in [6, 6.07) is 7.95. The maximum atomic E-state index is 12.5. The van der Waals surface area contributed by atoms with Crippen molar-refractivity contribution in [3.63, 3.8) is 0 Å². The van der Waals surface area contributed by atoms with Crippen LogP contribution in [0.4, 0.5) is 0 Å². The van der Waals surface area contributed by atoms with Gasteiger partial charge in [-0.1, -0.05) is 23.7 Å². The van der Waals surface area contributed by atoms with Gasteiger partial charge in [0.05, 0.1) is 19.1 Å². The Morgan fingerprint density at radius 3 is 2.62 bits per heavy atom. The van der Waals surface area contributed by atoms with Crippen molar-refractivity contribution < 1.29 is 9.53 Å². The van der Waals surface area contributed by atoms with Crippen molar-refractivity contribution in [3.05, 3.63) is 34.9 Å². The van der Waals surface area contributed by atoms with Crippen LogP contribution in [0.2, 0.25) is 5.02 Å². The molecule has 5 heteroatoms. The van der Waals surface area contributed by atoms with Crippen LogP contribution in [0.1, 0.15) is 12.0 Å². The third-order valence-electron chi connectivity index (χ3n) is 4.26. The molecule has 1 atom stereocenters. The number of rotatable bonds is 3.